The molecule has 5 rings (SSSR count). The highest BCUT2D eigenvalue weighted by Crippen LogP contribution is 2.27. The average Bonchev–Trinajstić information content (AvgIpc) is 3.33. The zero-order chi connectivity index (χ0) is 25.9. The Morgan fingerprint density at radius 2 is 1.68 bits per heavy atom. The van der Waals surface area contributed by atoms with Crippen molar-refractivity contribution in [3.63, 3.8) is 0 Å². The van der Waals surface area contributed by atoms with Crippen molar-refractivity contribution in [1.82, 2.24) is 0 Å². The second-order valence-electron chi connectivity index (χ2n) is 8.03. The van der Waals surface area contributed by atoms with Crippen molar-refractivity contribution in [2.45, 2.75) is 13.3 Å². The Morgan fingerprint density at radius 1 is 0.892 bits per heavy atom. The van der Waals surface area contributed by atoms with Gasteiger partial charge >= 0.3 is 11.9 Å². The lowest BCUT2D eigenvalue weighted by Crippen LogP contribution is -2.08. The van der Waals surface area contributed by atoms with Gasteiger partial charge in [0.05, 0.1) is 17.6 Å². The van der Waals surface area contributed by atoms with Gasteiger partial charge in [-0.3, -0.25) is 4.79 Å². The fourth-order valence-electron chi connectivity index (χ4n) is 3.56. The van der Waals surface area contributed by atoms with Gasteiger partial charge in [-0.1, -0.05) is 18.5 Å². The summed E-state index contributed by atoms with van der Waals surface area (Å²) < 4.78 is 27.2. The molecule has 0 atom stereocenters. The molecule has 9 heteroatoms. The van der Waals surface area contributed by atoms with E-state index in [-0.39, 0.29) is 28.2 Å². The molecule has 0 amide bonds. The van der Waals surface area contributed by atoms with Crippen LogP contribution >= 0.6 is 11.6 Å². The number of rotatable bonds is 7. The number of hydrogen-bond acceptors (Lipinski definition) is 8. The van der Waals surface area contributed by atoms with Crippen LogP contribution in [0.1, 0.15) is 34.3 Å². The molecule has 37 heavy (non-hydrogen) atoms. The van der Waals surface area contributed by atoms with E-state index in [0.29, 0.717) is 33.9 Å². The van der Waals surface area contributed by atoms with Gasteiger partial charge in [-0.25, -0.2) is 9.59 Å². The van der Waals surface area contributed by atoms with Crippen LogP contribution in [0.25, 0.3) is 21.9 Å². The van der Waals surface area contributed by atoms with Gasteiger partial charge in [0, 0.05) is 16.5 Å². The molecule has 0 aliphatic rings. The summed E-state index contributed by atoms with van der Waals surface area (Å²) >= 11 is 5.98. The highest BCUT2D eigenvalue weighted by Gasteiger charge is 2.17. The van der Waals surface area contributed by atoms with Gasteiger partial charge in [0.25, 0.3) is 0 Å². The molecule has 0 aliphatic carbocycles. The lowest BCUT2D eigenvalue weighted by molar-refractivity contribution is 0.0504. The normalized spacial score (nSPS) is 11.0. The summed E-state index contributed by atoms with van der Waals surface area (Å²) in [5.41, 5.74) is 0.659. The summed E-state index contributed by atoms with van der Waals surface area (Å²) in [5.74, 6) is -0.669. The Kier molecular flexibility index (Phi) is 6.66. The summed E-state index contributed by atoms with van der Waals surface area (Å²) in [4.78, 5) is 37.4. The summed E-state index contributed by atoms with van der Waals surface area (Å²) in [6, 6.07) is 17.1. The quantitative estimate of drug-likeness (QED) is 0.172. The number of halogens is 1. The van der Waals surface area contributed by atoms with Crippen molar-refractivity contribution in [2.24, 2.45) is 0 Å². The van der Waals surface area contributed by atoms with Crippen LogP contribution in [-0.4, -0.2) is 18.5 Å². The highest BCUT2D eigenvalue weighted by atomic mass is 35.5. The highest BCUT2D eigenvalue weighted by molar-refractivity contribution is 6.31. The first-order valence-corrected chi connectivity index (χ1v) is 11.7. The third-order valence-corrected chi connectivity index (χ3v) is 5.59. The van der Waals surface area contributed by atoms with Crippen LogP contribution in [0.2, 0.25) is 5.02 Å². The maximum absolute atomic E-state index is 12.9. The first-order valence-electron chi connectivity index (χ1n) is 11.3. The number of carbonyl (C=O) groups excluding carboxylic acids is 2. The molecule has 2 aromatic heterocycles. The van der Waals surface area contributed by atoms with Crippen LogP contribution in [0, 0.1) is 0 Å². The fourth-order valence-corrected chi connectivity index (χ4v) is 3.74. The minimum atomic E-state index is -0.712. The van der Waals surface area contributed by atoms with E-state index in [1.54, 1.807) is 42.5 Å². The van der Waals surface area contributed by atoms with Gasteiger partial charge < -0.3 is 23.0 Å². The van der Waals surface area contributed by atoms with E-state index in [4.69, 9.17) is 34.6 Å². The maximum Gasteiger partial charge on any atom is 0.379 e. The van der Waals surface area contributed by atoms with Gasteiger partial charge in [0.1, 0.15) is 28.9 Å². The minimum Gasteiger partial charge on any atom is -0.462 e. The second-order valence-corrected chi connectivity index (χ2v) is 8.47. The van der Waals surface area contributed by atoms with Crippen molar-refractivity contribution >= 4 is 45.5 Å². The van der Waals surface area contributed by atoms with E-state index >= 15 is 0 Å². The van der Waals surface area contributed by atoms with E-state index < -0.39 is 17.4 Å². The Morgan fingerprint density at radius 3 is 2.46 bits per heavy atom. The molecule has 0 unspecified atom stereocenters. The van der Waals surface area contributed by atoms with Crippen molar-refractivity contribution < 1.29 is 32.6 Å². The number of furan rings is 1. The molecule has 186 valence electrons. The molecular weight excluding hydrogens is 500 g/mol. The summed E-state index contributed by atoms with van der Waals surface area (Å²) in [5, 5.41) is 1.42. The second kappa shape index (κ2) is 10.2. The number of fused-ring (bicyclic) bond motifs is 2. The van der Waals surface area contributed by atoms with E-state index in [9.17, 15) is 14.4 Å². The smallest absolute Gasteiger partial charge is 0.379 e. The number of esters is 2. The van der Waals surface area contributed by atoms with Crippen molar-refractivity contribution in [3.8, 4) is 17.2 Å². The molecule has 5 aromatic rings. The lowest BCUT2D eigenvalue weighted by atomic mass is 10.2. The Labute approximate surface area is 214 Å². The van der Waals surface area contributed by atoms with Crippen LogP contribution < -0.4 is 14.9 Å². The van der Waals surface area contributed by atoms with Crippen LogP contribution in [0.5, 0.6) is 17.2 Å². The van der Waals surface area contributed by atoms with Crippen LogP contribution in [0.15, 0.2) is 86.6 Å². The Bertz CT molecular complexity index is 1680. The standard InChI is InChI=1S/C28H19ClO8/c1-2-11-33-27(31)16-3-6-19(7-4-16)35-25-15-34-23-14-20(8-9-21(23)26(25)30)36-28(32)24-13-17-12-18(29)5-10-22(17)37-24/h3-10,12-15H,2,11H2,1H3. The Balaban J connectivity index is 1.31. The molecule has 3 aromatic carbocycles. The minimum absolute atomic E-state index is 0.00667. The average molecular weight is 519 g/mol. The SMILES string of the molecule is CCCOC(=O)c1ccc(Oc2coc3cc(OC(=O)c4cc5cc(Cl)ccc5o4)ccc3c2=O)cc1. The predicted octanol–water partition coefficient (Wildman–Crippen LogP) is 6.77. The fraction of sp³-hybridized carbons (Fsp3) is 0.107. The molecule has 0 saturated carbocycles. The van der Waals surface area contributed by atoms with Crippen molar-refractivity contribution in [3.05, 3.63) is 99.6 Å². The van der Waals surface area contributed by atoms with Gasteiger partial charge in [-0.15, -0.1) is 0 Å². The van der Waals surface area contributed by atoms with Crippen LogP contribution in [-0.2, 0) is 4.74 Å². The van der Waals surface area contributed by atoms with Gasteiger partial charge in [-0.05, 0) is 67.1 Å². The predicted molar refractivity (Wildman–Crippen MR) is 136 cm³/mol. The summed E-state index contributed by atoms with van der Waals surface area (Å²) in [6.45, 7) is 2.25. The van der Waals surface area contributed by atoms with Crippen LogP contribution in [0.4, 0.5) is 0 Å². The van der Waals surface area contributed by atoms with E-state index in [1.165, 1.54) is 30.5 Å². The van der Waals surface area contributed by atoms with Gasteiger partial charge in [0.2, 0.25) is 16.9 Å². The monoisotopic (exact) mass is 518 g/mol. The first-order chi connectivity index (χ1) is 17.9. The molecule has 0 fully saturated rings. The largest absolute Gasteiger partial charge is 0.462 e. The Hall–Kier alpha value is -4.56. The van der Waals surface area contributed by atoms with Crippen molar-refractivity contribution in [2.75, 3.05) is 6.61 Å². The first kappa shape index (κ1) is 24.1. The van der Waals surface area contributed by atoms with Gasteiger partial charge in [-0.2, -0.15) is 0 Å². The number of carbonyl (C=O) groups is 2. The van der Waals surface area contributed by atoms with E-state index in [2.05, 4.69) is 0 Å². The van der Waals surface area contributed by atoms with Gasteiger partial charge in [0.15, 0.2) is 0 Å². The molecule has 0 spiro atoms. The summed E-state index contributed by atoms with van der Waals surface area (Å²) in [7, 11) is 0. The van der Waals surface area contributed by atoms with Crippen molar-refractivity contribution in [1.29, 1.82) is 0 Å². The zero-order valence-corrected chi connectivity index (χ0v) is 20.2. The number of ether oxygens (including phenoxy) is 3. The molecule has 8 nitrogen and oxygen atoms in total. The summed E-state index contributed by atoms with van der Waals surface area (Å²) in [6.07, 6.45) is 1.90. The van der Waals surface area contributed by atoms with E-state index in [1.807, 2.05) is 6.92 Å². The molecule has 0 saturated heterocycles. The molecule has 0 radical (unpaired) electrons. The molecule has 0 bridgehead atoms. The third-order valence-electron chi connectivity index (χ3n) is 5.36. The van der Waals surface area contributed by atoms with E-state index in [0.717, 1.165) is 6.42 Å². The number of hydrogen-bond donors (Lipinski definition) is 0. The third kappa shape index (κ3) is 5.19. The topological polar surface area (TPSA) is 105 Å². The molecule has 0 aliphatic heterocycles. The number of benzene rings is 3. The zero-order valence-electron chi connectivity index (χ0n) is 19.5. The van der Waals surface area contributed by atoms with Crippen LogP contribution in [0.3, 0.4) is 0 Å². The maximum atomic E-state index is 12.9. The molecule has 2 heterocycles. The lowest BCUT2D eigenvalue weighted by Gasteiger charge is -2.08. The molecular formula is C28H19ClO8. The molecule has 0 N–H and O–H groups in total.